The monoisotopic (exact) mass is 333 g/mol. The number of urea groups is 1. The Kier molecular flexibility index (Phi) is 4.69. The average molecular weight is 333 g/mol. The zero-order valence-electron chi connectivity index (χ0n) is 14.1. The number of amides is 2. The van der Waals surface area contributed by atoms with Crippen molar-refractivity contribution in [1.82, 2.24) is 20.1 Å². The van der Waals surface area contributed by atoms with Crippen molar-refractivity contribution in [2.24, 2.45) is 5.92 Å². The van der Waals surface area contributed by atoms with Crippen molar-refractivity contribution < 1.29 is 9.53 Å². The zero-order chi connectivity index (χ0) is 16.4. The van der Waals surface area contributed by atoms with E-state index >= 15 is 0 Å². The summed E-state index contributed by atoms with van der Waals surface area (Å²) in [4.78, 5) is 16.4. The molecule has 1 aromatic rings. The molecule has 0 aromatic carbocycles. The number of carbonyl (C=O) groups is 1. The van der Waals surface area contributed by atoms with Crippen LogP contribution in [0.1, 0.15) is 63.8 Å². The van der Waals surface area contributed by atoms with Gasteiger partial charge < -0.3 is 10.1 Å². The van der Waals surface area contributed by atoms with Crippen LogP contribution >= 0.6 is 0 Å². The highest BCUT2D eigenvalue weighted by Gasteiger charge is 2.36. The first-order valence-electron chi connectivity index (χ1n) is 9.38. The van der Waals surface area contributed by atoms with E-state index in [4.69, 9.17) is 4.74 Å². The number of anilines is 1. The molecule has 2 heterocycles. The molecule has 0 radical (unpaired) electrons. The fourth-order valence-corrected chi connectivity index (χ4v) is 3.93. The van der Waals surface area contributed by atoms with Gasteiger partial charge in [0.05, 0.1) is 12.1 Å². The van der Waals surface area contributed by atoms with Crippen LogP contribution in [0.4, 0.5) is 10.7 Å². The van der Waals surface area contributed by atoms with Gasteiger partial charge in [-0.2, -0.15) is 0 Å². The minimum Gasteiger partial charge on any atom is -0.378 e. The van der Waals surface area contributed by atoms with Gasteiger partial charge in [-0.1, -0.05) is 19.3 Å². The van der Waals surface area contributed by atoms with Crippen molar-refractivity contribution in [1.29, 1.82) is 0 Å². The molecule has 24 heavy (non-hydrogen) atoms. The van der Waals surface area contributed by atoms with Crippen LogP contribution in [0.3, 0.4) is 0 Å². The molecule has 1 aromatic heterocycles. The number of aromatic nitrogens is 3. The van der Waals surface area contributed by atoms with E-state index in [9.17, 15) is 4.79 Å². The maximum absolute atomic E-state index is 12.2. The Hall–Kier alpha value is -1.63. The van der Waals surface area contributed by atoms with Crippen LogP contribution in [0.2, 0.25) is 0 Å². The van der Waals surface area contributed by atoms with Crippen LogP contribution in [0.15, 0.2) is 6.33 Å². The van der Waals surface area contributed by atoms with E-state index in [1.807, 2.05) is 4.68 Å². The van der Waals surface area contributed by atoms with E-state index in [-0.39, 0.29) is 12.1 Å². The SMILES string of the molecule is O=C(Nc1ncn(C2CCCCC2)n1)NC1CCOC(C2CC2)C1. The smallest absolute Gasteiger partial charge is 0.321 e. The summed E-state index contributed by atoms with van der Waals surface area (Å²) in [5.41, 5.74) is 0. The Morgan fingerprint density at radius 1 is 1.17 bits per heavy atom. The molecule has 1 aliphatic heterocycles. The van der Waals surface area contributed by atoms with Crippen LogP contribution < -0.4 is 10.6 Å². The Labute approximate surface area is 142 Å². The molecular formula is C17H27N5O2. The van der Waals surface area contributed by atoms with Gasteiger partial charge in [-0.15, -0.1) is 5.10 Å². The van der Waals surface area contributed by atoms with Gasteiger partial charge in [-0.25, -0.2) is 14.5 Å². The van der Waals surface area contributed by atoms with Crippen LogP contribution in [0.25, 0.3) is 0 Å². The molecule has 7 nitrogen and oxygen atoms in total. The van der Waals surface area contributed by atoms with E-state index in [0.29, 0.717) is 24.0 Å². The molecule has 0 spiro atoms. The zero-order valence-corrected chi connectivity index (χ0v) is 14.1. The van der Waals surface area contributed by atoms with Crippen molar-refractivity contribution >= 4 is 12.0 Å². The molecule has 2 aliphatic carbocycles. The van der Waals surface area contributed by atoms with Gasteiger partial charge in [0.1, 0.15) is 6.33 Å². The van der Waals surface area contributed by atoms with Crippen molar-refractivity contribution in [3.05, 3.63) is 6.33 Å². The van der Waals surface area contributed by atoms with Gasteiger partial charge >= 0.3 is 6.03 Å². The molecule has 2 saturated carbocycles. The molecule has 0 bridgehead atoms. The first kappa shape index (κ1) is 15.9. The van der Waals surface area contributed by atoms with Crippen LogP contribution in [0, 0.1) is 5.92 Å². The largest absolute Gasteiger partial charge is 0.378 e. The van der Waals surface area contributed by atoms with Gasteiger partial charge in [0.15, 0.2) is 0 Å². The minimum atomic E-state index is -0.210. The second-order valence-corrected chi connectivity index (χ2v) is 7.41. The molecule has 2 N–H and O–H groups in total. The van der Waals surface area contributed by atoms with Gasteiger partial charge in [-0.05, 0) is 44.4 Å². The summed E-state index contributed by atoms with van der Waals surface area (Å²) in [6.07, 6.45) is 12.5. The van der Waals surface area contributed by atoms with E-state index < -0.39 is 0 Å². The fraction of sp³-hybridized carbons (Fsp3) is 0.824. The van der Waals surface area contributed by atoms with Crippen molar-refractivity contribution in [3.63, 3.8) is 0 Å². The van der Waals surface area contributed by atoms with E-state index in [0.717, 1.165) is 32.3 Å². The Balaban J connectivity index is 1.27. The number of hydrogen-bond acceptors (Lipinski definition) is 4. The summed E-state index contributed by atoms with van der Waals surface area (Å²) < 4.78 is 7.71. The van der Waals surface area contributed by atoms with Gasteiger partial charge in [0, 0.05) is 12.6 Å². The maximum atomic E-state index is 12.2. The van der Waals surface area contributed by atoms with Crippen LogP contribution in [-0.4, -0.2) is 39.5 Å². The third-order valence-electron chi connectivity index (χ3n) is 5.48. The summed E-state index contributed by atoms with van der Waals surface area (Å²) in [6, 6.07) is 0.405. The molecule has 2 amide bonds. The standard InChI is InChI=1S/C17H27N5O2/c23-17(19-13-8-9-24-15(10-13)12-6-7-12)20-16-18-11-22(21-16)14-4-2-1-3-5-14/h11-15H,1-10H2,(H2,19,20,21,23). The Morgan fingerprint density at radius 3 is 2.79 bits per heavy atom. The predicted octanol–water partition coefficient (Wildman–Crippen LogP) is 2.86. The molecule has 7 heteroatoms. The quantitative estimate of drug-likeness (QED) is 0.888. The number of nitrogens with zero attached hydrogens (tertiary/aromatic N) is 3. The highest BCUT2D eigenvalue weighted by molar-refractivity contribution is 5.87. The highest BCUT2D eigenvalue weighted by Crippen LogP contribution is 2.38. The number of nitrogens with one attached hydrogen (secondary N) is 2. The fourth-order valence-electron chi connectivity index (χ4n) is 3.93. The summed E-state index contributed by atoms with van der Waals surface area (Å²) in [5, 5.41) is 10.3. The molecule has 132 valence electrons. The van der Waals surface area contributed by atoms with E-state index in [2.05, 4.69) is 20.7 Å². The lowest BCUT2D eigenvalue weighted by Gasteiger charge is -2.30. The topological polar surface area (TPSA) is 81.1 Å². The maximum Gasteiger partial charge on any atom is 0.321 e. The normalized spacial score (nSPS) is 28.5. The Morgan fingerprint density at radius 2 is 2.00 bits per heavy atom. The summed E-state index contributed by atoms with van der Waals surface area (Å²) in [7, 11) is 0. The lowest BCUT2D eigenvalue weighted by atomic mass is 9.96. The molecular weight excluding hydrogens is 306 g/mol. The van der Waals surface area contributed by atoms with Crippen molar-refractivity contribution in [2.75, 3.05) is 11.9 Å². The third-order valence-corrected chi connectivity index (χ3v) is 5.48. The number of ether oxygens (including phenoxy) is 1. The summed E-state index contributed by atoms with van der Waals surface area (Å²) >= 11 is 0. The number of rotatable bonds is 4. The molecule has 4 rings (SSSR count). The van der Waals surface area contributed by atoms with Crippen molar-refractivity contribution in [2.45, 2.75) is 76.0 Å². The van der Waals surface area contributed by atoms with E-state index in [1.54, 1.807) is 6.33 Å². The van der Waals surface area contributed by atoms with Gasteiger partial charge in [0.2, 0.25) is 5.95 Å². The van der Waals surface area contributed by atoms with Crippen LogP contribution in [0.5, 0.6) is 0 Å². The highest BCUT2D eigenvalue weighted by atomic mass is 16.5. The molecule has 2 unspecified atom stereocenters. The van der Waals surface area contributed by atoms with Gasteiger partial charge in [-0.3, -0.25) is 5.32 Å². The second kappa shape index (κ2) is 7.09. The third kappa shape index (κ3) is 3.88. The van der Waals surface area contributed by atoms with Crippen LogP contribution in [-0.2, 0) is 4.74 Å². The minimum absolute atomic E-state index is 0.185. The predicted molar refractivity (Wildman–Crippen MR) is 89.8 cm³/mol. The molecule has 2 atom stereocenters. The van der Waals surface area contributed by atoms with Crippen molar-refractivity contribution in [3.8, 4) is 0 Å². The average Bonchev–Trinajstić information content (AvgIpc) is 3.36. The summed E-state index contributed by atoms with van der Waals surface area (Å²) in [5.74, 6) is 1.11. The first-order chi connectivity index (χ1) is 11.8. The van der Waals surface area contributed by atoms with E-state index in [1.165, 1.54) is 32.1 Å². The molecule has 3 aliphatic rings. The lowest BCUT2D eigenvalue weighted by molar-refractivity contribution is -0.00890. The lowest BCUT2D eigenvalue weighted by Crippen LogP contribution is -2.44. The molecule has 3 fully saturated rings. The number of carbonyl (C=O) groups excluding carboxylic acids is 1. The summed E-state index contributed by atoms with van der Waals surface area (Å²) in [6.45, 7) is 0.737. The van der Waals surface area contributed by atoms with Gasteiger partial charge in [0.25, 0.3) is 0 Å². The first-order valence-corrected chi connectivity index (χ1v) is 9.38. The molecule has 1 saturated heterocycles. The number of hydrogen-bond donors (Lipinski definition) is 2. The second-order valence-electron chi connectivity index (χ2n) is 7.41. The Bertz CT molecular complexity index is 565.